The standard InChI is InChI=1S/C29H36N6O/c1-4-26(28-31-32-33-35(28)25-14-7-8-15-25)34(17-16-22-12-6-5-10-20(22)2)19-24-18-23-13-9-11-21(3)27(23)30-29(24)36/h5-6,9-13,18,25-26H,4,7-8,14-17,19H2,1-3H3,(H,30,36). The Morgan fingerprint density at radius 3 is 2.61 bits per heavy atom. The number of aromatic amines is 1. The number of nitrogens with one attached hydrogen (secondary N) is 1. The third kappa shape index (κ3) is 4.98. The van der Waals surface area contributed by atoms with Crippen LogP contribution in [0.15, 0.2) is 53.3 Å². The average molecular weight is 485 g/mol. The topological polar surface area (TPSA) is 79.7 Å². The van der Waals surface area contributed by atoms with Crippen molar-refractivity contribution in [3.63, 3.8) is 0 Å². The highest BCUT2D eigenvalue weighted by atomic mass is 16.1. The fourth-order valence-corrected chi connectivity index (χ4v) is 5.70. The average Bonchev–Trinajstić information content (AvgIpc) is 3.57. The number of rotatable bonds is 9. The molecule has 7 heteroatoms. The summed E-state index contributed by atoms with van der Waals surface area (Å²) < 4.78 is 2.07. The molecular formula is C29H36N6O. The molecule has 2 heterocycles. The van der Waals surface area contributed by atoms with Crippen LogP contribution in [-0.2, 0) is 13.0 Å². The number of hydrogen-bond acceptors (Lipinski definition) is 5. The number of nitrogens with zero attached hydrogens (tertiary/aromatic N) is 5. The van der Waals surface area contributed by atoms with E-state index in [1.165, 1.54) is 24.0 Å². The lowest BCUT2D eigenvalue weighted by Crippen LogP contribution is -2.34. The predicted molar refractivity (Wildman–Crippen MR) is 143 cm³/mol. The second kappa shape index (κ2) is 10.7. The van der Waals surface area contributed by atoms with E-state index in [0.717, 1.165) is 60.1 Å². The Hall–Kier alpha value is -3.32. The lowest BCUT2D eigenvalue weighted by Gasteiger charge is -2.31. The van der Waals surface area contributed by atoms with Crippen molar-refractivity contribution in [1.29, 1.82) is 0 Å². The first kappa shape index (κ1) is 24.4. The molecule has 7 nitrogen and oxygen atoms in total. The number of aromatic nitrogens is 5. The Kier molecular flexibility index (Phi) is 7.28. The van der Waals surface area contributed by atoms with Gasteiger partial charge in [0.25, 0.3) is 5.56 Å². The molecule has 0 radical (unpaired) electrons. The fraction of sp³-hybridized carbons (Fsp3) is 0.448. The van der Waals surface area contributed by atoms with E-state index in [0.29, 0.717) is 12.6 Å². The van der Waals surface area contributed by atoms with Crippen molar-refractivity contribution in [3.8, 4) is 0 Å². The quantitative estimate of drug-likeness (QED) is 0.342. The predicted octanol–water partition coefficient (Wildman–Crippen LogP) is 5.44. The number of aryl methyl sites for hydroxylation is 2. The van der Waals surface area contributed by atoms with E-state index >= 15 is 0 Å². The number of fused-ring (bicyclic) bond motifs is 1. The Bertz CT molecular complexity index is 1380. The second-order valence-electron chi connectivity index (χ2n) is 10.2. The summed E-state index contributed by atoms with van der Waals surface area (Å²) >= 11 is 0. The van der Waals surface area contributed by atoms with Crippen molar-refractivity contribution < 1.29 is 0 Å². The molecule has 188 valence electrons. The van der Waals surface area contributed by atoms with Gasteiger partial charge in [-0.1, -0.05) is 62.2 Å². The maximum absolute atomic E-state index is 13.2. The number of hydrogen-bond donors (Lipinski definition) is 1. The van der Waals surface area contributed by atoms with Crippen LogP contribution in [0.4, 0.5) is 0 Å². The lowest BCUT2D eigenvalue weighted by atomic mass is 10.0. The highest BCUT2D eigenvalue weighted by Gasteiger charge is 2.29. The van der Waals surface area contributed by atoms with Crippen LogP contribution in [0.3, 0.4) is 0 Å². The molecule has 0 spiro atoms. The normalized spacial score (nSPS) is 15.2. The van der Waals surface area contributed by atoms with Gasteiger partial charge in [-0.05, 0) is 78.1 Å². The molecule has 2 aromatic carbocycles. The molecule has 0 aliphatic heterocycles. The largest absolute Gasteiger partial charge is 0.321 e. The second-order valence-corrected chi connectivity index (χ2v) is 10.2. The van der Waals surface area contributed by atoms with E-state index in [1.807, 2.05) is 19.1 Å². The van der Waals surface area contributed by atoms with Crippen LogP contribution in [0, 0.1) is 13.8 Å². The smallest absolute Gasteiger partial charge is 0.252 e. The molecule has 1 N–H and O–H groups in total. The first-order chi connectivity index (χ1) is 17.5. The van der Waals surface area contributed by atoms with Gasteiger partial charge >= 0.3 is 0 Å². The fourth-order valence-electron chi connectivity index (χ4n) is 5.70. The molecule has 2 aromatic heterocycles. The summed E-state index contributed by atoms with van der Waals surface area (Å²) in [5, 5.41) is 14.1. The zero-order valence-electron chi connectivity index (χ0n) is 21.6. The van der Waals surface area contributed by atoms with Gasteiger partial charge in [-0.25, -0.2) is 4.68 Å². The molecule has 1 unspecified atom stereocenters. The van der Waals surface area contributed by atoms with Crippen LogP contribution in [0.25, 0.3) is 10.9 Å². The van der Waals surface area contributed by atoms with Gasteiger partial charge in [0.15, 0.2) is 5.82 Å². The summed E-state index contributed by atoms with van der Waals surface area (Å²) in [4.78, 5) is 18.7. The molecule has 1 saturated carbocycles. The van der Waals surface area contributed by atoms with E-state index in [2.05, 4.69) is 80.3 Å². The Morgan fingerprint density at radius 2 is 1.83 bits per heavy atom. The third-order valence-corrected chi connectivity index (χ3v) is 7.78. The van der Waals surface area contributed by atoms with Gasteiger partial charge in [0, 0.05) is 18.7 Å². The minimum absolute atomic E-state index is 0.0251. The summed E-state index contributed by atoms with van der Waals surface area (Å²) in [7, 11) is 0. The van der Waals surface area contributed by atoms with Crippen LogP contribution in [0.1, 0.15) is 79.2 Å². The van der Waals surface area contributed by atoms with Crippen LogP contribution >= 0.6 is 0 Å². The van der Waals surface area contributed by atoms with E-state index in [1.54, 1.807) is 0 Å². The molecular weight excluding hydrogens is 448 g/mol. The van der Waals surface area contributed by atoms with Crippen molar-refractivity contribution in [3.05, 3.63) is 87.0 Å². The zero-order valence-corrected chi connectivity index (χ0v) is 21.6. The maximum atomic E-state index is 13.2. The van der Waals surface area contributed by atoms with Gasteiger partial charge in [-0.3, -0.25) is 9.69 Å². The van der Waals surface area contributed by atoms with E-state index in [4.69, 9.17) is 0 Å². The van der Waals surface area contributed by atoms with Crippen molar-refractivity contribution in [1.82, 2.24) is 30.1 Å². The number of benzene rings is 2. The zero-order chi connectivity index (χ0) is 25.1. The Morgan fingerprint density at radius 1 is 1.06 bits per heavy atom. The van der Waals surface area contributed by atoms with Crippen LogP contribution < -0.4 is 5.56 Å². The summed E-state index contributed by atoms with van der Waals surface area (Å²) in [5.41, 5.74) is 5.36. The summed E-state index contributed by atoms with van der Waals surface area (Å²) in [5.74, 6) is 0.919. The molecule has 36 heavy (non-hydrogen) atoms. The summed E-state index contributed by atoms with van der Waals surface area (Å²) in [6, 6.07) is 17.1. The molecule has 0 amide bonds. The van der Waals surface area contributed by atoms with Gasteiger partial charge in [0.05, 0.1) is 17.6 Å². The van der Waals surface area contributed by atoms with E-state index < -0.39 is 0 Å². The van der Waals surface area contributed by atoms with Crippen molar-refractivity contribution >= 4 is 10.9 Å². The van der Waals surface area contributed by atoms with E-state index in [-0.39, 0.29) is 11.6 Å². The van der Waals surface area contributed by atoms with Crippen LogP contribution in [0.2, 0.25) is 0 Å². The highest BCUT2D eigenvalue weighted by Crippen LogP contribution is 2.33. The van der Waals surface area contributed by atoms with Gasteiger partial charge < -0.3 is 4.98 Å². The molecule has 1 aliphatic rings. The summed E-state index contributed by atoms with van der Waals surface area (Å²) in [6.07, 6.45) is 6.47. The monoisotopic (exact) mass is 484 g/mol. The SMILES string of the molecule is CCC(c1nnnn1C1CCCC1)N(CCc1ccccc1C)Cc1cc2cccc(C)c2[nH]c1=O. The van der Waals surface area contributed by atoms with Crippen LogP contribution in [0.5, 0.6) is 0 Å². The highest BCUT2D eigenvalue weighted by molar-refractivity contribution is 5.81. The van der Waals surface area contributed by atoms with Gasteiger partial charge in [-0.15, -0.1) is 5.10 Å². The molecule has 1 atom stereocenters. The Labute approximate surface area is 212 Å². The van der Waals surface area contributed by atoms with Gasteiger partial charge in [-0.2, -0.15) is 0 Å². The van der Waals surface area contributed by atoms with Crippen molar-refractivity contribution in [2.24, 2.45) is 0 Å². The maximum Gasteiger partial charge on any atom is 0.252 e. The molecule has 1 aliphatic carbocycles. The first-order valence-corrected chi connectivity index (χ1v) is 13.2. The molecule has 0 bridgehead atoms. The number of tetrazole rings is 1. The molecule has 1 fully saturated rings. The number of para-hydroxylation sites is 1. The summed E-state index contributed by atoms with van der Waals surface area (Å²) in [6.45, 7) is 7.73. The van der Waals surface area contributed by atoms with E-state index in [9.17, 15) is 4.79 Å². The minimum Gasteiger partial charge on any atom is -0.321 e. The first-order valence-electron chi connectivity index (χ1n) is 13.2. The van der Waals surface area contributed by atoms with Gasteiger partial charge in [0.1, 0.15) is 0 Å². The molecule has 4 aromatic rings. The van der Waals surface area contributed by atoms with Crippen molar-refractivity contribution in [2.45, 2.75) is 77.9 Å². The van der Waals surface area contributed by atoms with Crippen LogP contribution in [-0.4, -0.2) is 36.6 Å². The third-order valence-electron chi connectivity index (χ3n) is 7.78. The van der Waals surface area contributed by atoms with Crippen molar-refractivity contribution in [2.75, 3.05) is 6.54 Å². The number of H-pyrrole nitrogens is 1. The minimum atomic E-state index is -0.0251. The number of pyridine rings is 1. The Balaban J connectivity index is 1.50. The molecule has 5 rings (SSSR count). The lowest BCUT2D eigenvalue weighted by molar-refractivity contribution is 0.169. The molecule has 0 saturated heterocycles. The van der Waals surface area contributed by atoms with Gasteiger partial charge in [0.2, 0.25) is 0 Å².